The van der Waals surface area contributed by atoms with Gasteiger partial charge in [0.25, 0.3) is 0 Å². The quantitative estimate of drug-likeness (QED) is 0.576. The number of hydrogen-bond donors (Lipinski definition) is 0. The van der Waals surface area contributed by atoms with Gasteiger partial charge in [-0.3, -0.25) is 4.21 Å². The first kappa shape index (κ1) is 9.50. The van der Waals surface area contributed by atoms with Crippen molar-refractivity contribution in [2.75, 3.05) is 23.5 Å². The van der Waals surface area contributed by atoms with E-state index in [0.717, 1.165) is 17.9 Å². The maximum Gasteiger partial charge on any atom is 0.0239 e. The predicted molar refractivity (Wildman–Crippen MR) is 46.5 cm³/mol. The van der Waals surface area contributed by atoms with E-state index >= 15 is 0 Å². The fourth-order valence-corrected chi connectivity index (χ4v) is 1.88. The van der Waals surface area contributed by atoms with Crippen LogP contribution in [-0.2, 0) is 10.8 Å². The molecule has 0 spiro atoms. The van der Waals surface area contributed by atoms with Crippen LogP contribution in [0.25, 0.3) is 0 Å². The zero-order valence-corrected chi connectivity index (χ0v) is 7.69. The third-order valence-corrected chi connectivity index (χ3v) is 2.77. The molecule has 1 atom stereocenters. The molecule has 1 nitrogen and oxygen atoms in total. The number of thioether (sulfide) groups is 1. The minimum atomic E-state index is -0.582. The van der Waals surface area contributed by atoms with Crippen LogP contribution in [0.2, 0.25) is 0 Å². The predicted octanol–water partition coefficient (Wildman–Crippen LogP) is 1.51. The van der Waals surface area contributed by atoms with Crippen LogP contribution in [-0.4, -0.2) is 27.7 Å². The molecular weight excluding hydrogens is 152 g/mol. The maximum atomic E-state index is 10.5. The second-order valence-corrected chi connectivity index (χ2v) is 4.78. The van der Waals surface area contributed by atoms with Crippen molar-refractivity contribution in [1.29, 1.82) is 0 Å². The van der Waals surface area contributed by atoms with Crippen LogP contribution < -0.4 is 0 Å². The van der Waals surface area contributed by atoms with E-state index in [1.807, 2.05) is 11.8 Å². The van der Waals surface area contributed by atoms with Crippen molar-refractivity contribution in [3.63, 3.8) is 0 Å². The van der Waals surface area contributed by atoms with Crippen LogP contribution in [0.3, 0.4) is 0 Å². The van der Waals surface area contributed by atoms with Crippen molar-refractivity contribution < 1.29 is 4.21 Å². The molecule has 0 N–H and O–H groups in total. The Morgan fingerprint density at radius 1 is 1.56 bits per heavy atom. The summed E-state index contributed by atoms with van der Waals surface area (Å²) in [6.45, 7) is 2.15. The summed E-state index contributed by atoms with van der Waals surface area (Å²) < 4.78 is 10.5. The Morgan fingerprint density at radius 2 is 2.22 bits per heavy atom. The minimum absolute atomic E-state index is 0.582. The summed E-state index contributed by atoms with van der Waals surface area (Å²) in [7, 11) is -0.582. The van der Waals surface area contributed by atoms with E-state index < -0.39 is 10.8 Å². The molecule has 0 saturated carbocycles. The van der Waals surface area contributed by atoms with Crippen molar-refractivity contribution >= 4 is 22.6 Å². The smallest absolute Gasteiger partial charge is 0.0239 e. The van der Waals surface area contributed by atoms with Gasteiger partial charge in [-0.2, -0.15) is 11.8 Å². The Kier molecular flexibility index (Phi) is 6.99. The standard InChI is InChI=1S/C6H14OS2/c1-3-8-5-4-6-9(2)7/h3-6H2,1-2H3. The van der Waals surface area contributed by atoms with Crippen molar-refractivity contribution in [2.24, 2.45) is 0 Å². The molecule has 56 valence electrons. The fraction of sp³-hybridized carbons (Fsp3) is 1.00. The zero-order valence-electron chi connectivity index (χ0n) is 6.05. The van der Waals surface area contributed by atoms with Crippen LogP contribution in [0.4, 0.5) is 0 Å². The molecule has 3 heteroatoms. The molecule has 0 heterocycles. The van der Waals surface area contributed by atoms with E-state index in [4.69, 9.17) is 0 Å². The van der Waals surface area contributed by atoms with E-state index in [9.17, 15) is 4.21 Å². The van der Waals surface area contributed by atoms with Crippen LogP contribution in [0, 0.1) is 0 Å². The highest BCUT2D eigenvalue weighted by atomic mass is 32.2. The Morgan fingerprint density at radius 3 is 2.67 bits per heavy atom. The van der Waals surface area contributed by atoms with Crippen LogP contribution in [0.15, 0.2) is 0 Å². The summed E-state index contributed by atoms with van der Waals surface area (Å²) >= 11 is 1.92. The van der Waals surface area contributed by atoms with Gasteiger partial charge in [-0.25, -0.2) is 0 Å². The molecule has 0 fully saturated rings. The van der Waals surface area contributed by atoms with Crippen LogP contribution in [0.5, 0.6) is 0 Å². The van der Waals surface area contributed by atoms with Crippen LogP contribution >= 0.6 is 11.8 Å². The van der Waals surface area contributed by atoms with Gasteiger partial charge in [-0.05, 0) is 17.9 Å². The summed E-state index contributed by atoms with van der Waals surface area (Å²) in [6, 6.07) is 0. The van der Waals surface area contributed by atoms with Gasteiger partial charge in [0.2, 0.25) is 0 Å². The lowest BCUT2D eigenvalue weighted by molar-refractivity contribution is 0.685. The molecule has 0 aromatic heterocycles. The van der Waals surface area contributed by atoms with Crippen molar-refractivity contribution in [3.05, 3.63) is 0 Å². The SMILES string of the molecule is CCSCCCS(C)=O. The van der Waals surface area contributed by atoms with Crippen molar-refractivity contribution in [3.8, 4) is 0 Å². The first-order valence-electron chi connectivity index (χ1n) is 3.15. The lowest BCUT2D eigenvalue weighted by Gasteiger charge is -1.94. The lowest BCUT2D eigenvalue weighted by atomic mass is 10.6. The average molecular weight is 166 g/mol. The Hall–Kier alpha value is 0.500. The number of rotatable bonds is 5. The van der Waals surface area contributed by atoms with Gasteiger partial charge >= 0.3 is 0 Å². The van der Waals surface area contributed by atoms with E-state index in [1.54, 1.807) is 6.26 Å². The molecule has 0 saturated heterocycles. The normalized spacial score (nSPS) is 13.6. The summed E-state index contributed by atoms with van der Waals surface area (Å²) in [5.74, 6) is 3.21. The van der Waals surface area contributed by atoms with E-state index in [1.165, 1.54) is 5.75 Å². The summed E-state index contributed by atoms with van der Waals surface area (Å²) in [5, 5.41) is 0. The lowest BCUT2D eigenvalue weighted by Crippen LogP contribution is -1.95. The first-order chi connectivity index (χ1) is 4.27. The first-order valence-corrected chi connectivity index (χ1v) is 6.03. The van der Waals surface area contributed by atoms with Gasteiger partial charge in [-0.15, -0.1) is 0 Å². The highest BCUT2D eigenvalue weighted by Gasteiger charge is 1.89. The summed E-state index contributed by atoms with van der Waals surface area (Å²) in [4.78, 5) is 0. The molecule has 0 bridgehead atoms. The van der Waals surface area contributed by atoms with Crippen molar-refractivity contribution in [1.82, 2.24) is 0 Å². The molecule has 0 aliphatic carbocycles. The highest BCUT2D eigenvalue weighted by molar-refractivity contribution is 7.99. The monoisotopic (exact) mass is 166 g/mol. The molecule has 0 rings (SSSR count). The molecule has 1 unspecified atom stereocenters. The molecule has 0 aromatic carbocycles. The maximum absolute atomic E-state index is 10.5. The third kappa shape index (κ3) is 8.50. The molecule has 0 aliphatic heterocycles. The van der Waals surface area contributed by atoms with E-state index in [-0.39, 0.29) is 0 Å². The fourth-order valence-electron chi connectivity index (χ4n) is 0.509. The molecule has 0 radical (unpaired) electrons. The van der Waals surface area contributed by atoms with Gasteiger partial charge in [0.15, 0.2) is 0 Å². The molecule has 0 aliphatic rings. The zero-order chi connectivity index (χ0) is 7.11. The molecular formula is C6H14OS2. The molecule has 9 heavy (non-hydrogen) atoms. The Labute approximate surface area is 64.1 Å². The highest BCUT2D eigenvalue weighted by Crippen LogP contribution is 2.00. The molecule has 0 amide bonds. The van der Waals surface area contributed by atoms with Gasteiger partial charge in [0.05, 0.1) is 0 Å². The molecule has 0 aromatic rings. The largest absolute Gasteiger partial charge is 0.260 e. The topological polar surface area (TPSA) is 17.1 Å². The van der Waals surface area contributed by atoms with E-state index in [0.29, 0.717) is 0 Å². The Balaban J connectivity index is 2.83. The second-order valence-electron chi connectivity index (χ2n) is 1.83. The second kappa shape index (κ2) is 6.62. The van der Waals surface area contributed by atoms with Gasteiger partial charge in [0, 0.05) is 22.8 Å². The summed E-state index contributed by atoms with van der Waals surface area (Å²) in [5.41, 5.74) is 0. The minimum Gasteiger partial charge on any atom is -0.260 e. The van der Waals surface area contributed by atoms with Crippen molar-refractivity contribution in [2.45, 2.75) is 13.3 Å². The van der Waals surface area contributed by atoms with Crippen LogP contribution in [0.1, 0.15) is 13.3 Å². The van der Waals surface area contributed by atoms with E-state index in [2.05, 4.69) is 6.92 Å². The van der Waals surface area contributed by atoms with Gasteiger partial charge < -0.3 is 0 Å². The average Bonchev–Trinajstić information content (AvgIpc) is 1.80. The summed E-state index contributed by atoms with van der Waals surface area (Å²) in [6.07, 6.45) is 2.86. The Bertz CT molecular complexity index is 83.1. The third-order valence-electron chi connectivity index (χ3n) is 0.925. The van der Waals surface area contributed by atoms with Gasteiger partial charge in [-0.1, -0.05) is 6.92 Å². The van der Waals surface area contributed by atoms with Gasteiger partial charge in [0.1, 0.15) is 0 Å². The number of hydrogen-bond acceptors (Lipinski definition) is 2.